The molecular formula is C22H22ClF3N4O2. The van der Waals surface area contributed by atoms with E-state index < -0.39 is 17.2 Å². The molecule has 10 heteroatoms. The Kier molecular flexibility index (Phi) is 6.78. The van der Waals surface area contributed by atoms with Crippen molar-refractivity contribution in [3.63, 3.8) is 0 Å². The molecule has 1 heterocycles. The molecule has 0 radical (unpaired) electrons. The molecule has 0 spiro atoms. The van der Waals surface area contributed by atoms with Crippen LogP contribution in [0.4, 0.5) is 18.9 Å². The van der Waals surface area contributed by atoms with Gasteiger partial charge in [0.05, 0.1) is 23.3 Å². The lowest BCUT2D eigenvalue weighted by atomic mass is 9.95. The van der Waals surface area contributed by atoms with Gasteiger partial charge >= 0.3 is 12.2 Å². The fourth-order valence-electron chi connectivity index (χ4n) is 2.71. The van der Waals surface area contributed by atoms with Crippen molar-refractivity contribution in [3.8, 4) is 23.1 Å². The molecule has 0 bridgehead atoms. The molecule has 6 nitrogen and oxygen atoms in total. The number of nitrogens with one attached hydrogen (secondary N) is 1. The number of nitrogens with zero attached hydrogens (tertiary/aromatic N) is 3. The number of ether oxygens (including phenoxy) is 1. The molecule has 3 aromatic rings. The van der Waals surface area contributed by atoms with Gasteiger partial charge in [-0.3, -0.25) is 4.79 Å². The van der Waals surface area contributed by atoms with Crippen LogP contribution in [0.1, 0.15) is 26.3 Å². The number of aromatic nitrogens is 3. The van der Waals surface area contributed by atoms with E-state index in [1.54, 1.807) is 45.0 Å². The van der Waals surface area contributed by atoms with Gasteiger partial charge in [0.1, 0.15) is 0 Å². The van der Waals surface area contributed by atoms with E-state index in [4.69, 9.17) is 16.3 Å². The minimum atomic E-state index is -4.43. The molecule has 170 valence electrons. The van der Waals surface area contributed by atoms with Crippen LogP contribution < -0.4 is 10.1 Å². The lowest BCUT2D eigenvalue weighted by Gasteiger charge is -2.20. The van der Waals surface area contributed by atoms with Crippen LogP contribution >= 0.6 is 11.6 Å². The van der Waals surface area contributed by atoms with E-state index in [9.17, 15) is 18.0 Å². The maximum Gasteiger partial charge on any atom is 0.416 e. The molecule has 0 saturated carbocycles. The second-order valence-electron chi connectivity index (χ2n) is 7.66. The summed E-state index contributed by atoms with van der Waals surface area (Å²) in [4.78, 5) is 16.6. The van der Waals surface area contributed by atoms with Crippen LogP contribution in [0.25, 0.3) is 17.1 Å². The van der Waals surface area contributed by atoms with Gasteiger partial charge in [0.15, 0.2) is 5.82 Å². The molecule has 0 fully saturated rings. The van der Waals surface area contributed by atoms with Gasteiger partial charge in [-0.1, -0.05) is 12.1 Å². The molecule has 0 unspecified atom stereocenters. The lowest BCUT2D eigenvalue weighted by molar-refractivity contribution is -0.137. The van der Waals surface area contributed by atoms with Gasteiger partial charge in [0.25, 0.3) is 0 Å². The monoisotopic (exact) mass is 466 g/mol. The Bertz CT molecular complexity index is 1080. The van der Waals surface area contributed by atoms with Crippen molar-refractivity contribution in [2.75, 3.05) is 17.8 Å². The summed E-state index contributed by atoms with van der Waals surface area (Å²) in [5.74, 6) is 0.277. The predicted octanol–water partition coefficient (Wildman–Crippen LogP) is 5.56. The molecule has 0 aliphatic rings. The maximum atomic E-state index is 12.9. The minimum Gasteiger partial charge on any atom is -0.463 e. The molecule has 1 aromatic heterocycles. The highest BCUT2D eigenvalue weighted by Crippen LogP contribution is 2.31. The Hall–Kier alpha value is -3.07. The summed E-state index contributed by atoms with van der Waals surface area (Å²) < 4.78 is 45.6. The van der Waals surface area contributed by atoms with Crippen LogP contribution in [0.5, 0.6) is 6.01 Å². The van der Waals surface area contributed by atoms with Crippen LogP contribution in [0, 0.1) is 5.41 Å². The summed E-state index contributed by atoms with van der Waals surface area (Å²) in [7, 11) is 0. The number of rotatable bonds is 7. The van der Waals surface area contributed by atoms with E-state index in [2.05, 4.69) is 15.4 Å². The fourth-order valence-corrected chi connectivity index (χ4v) is 2.83. The zero-order valence-electron chi connectivity index (χ0n) is 17.7. The maximum absolute atomic E-state index is 12.9. The number of alkyl halides is 4. The Labute approximate surface area is 188 Å². The Morgan fingerprint density at radius 1 is 1.09 bits per heavy atom. The van der Waals surface area contributed by atoms with Crippen molar-refractivity contribution in [2.45, 2.75) is 26.9 Å². The fraction of sp³-hybridized carbons (Fsp3) is 0.318. The van der Waals surface area contributed by atoms with E-state index >= 15 is 0 Å². The molecular weight excluding hydrogens is 445 g/mol. The third-order valence-corrected chi connectivity index (χ3v) is 5.32. The number of hydrogen-bond donors (Lipinski definition) is 1. The van der Waals surface area contributed by atoms with E-state index in [0.717, 1.165) is 12.1 Å². The van der Waals surface area contributed by atoms with E-state index in [0.29, 0.717) is 29.4 Å². The van der Waals surface area contributed by atoms with E-state index in [1.807, 2.05) is 0 Å². The highest BCUT2D eigenvalue weighted by Gasteiger charge is 2.30. The van der Waals surface area contributed by atoms with Gasteiger partial charge < -0.3 is 10.1 Å². The first-order valence-corrected chi connectivity index (χ1v) is 10.3. The minimum absolute atomic E-state index is 0.101. The topological polar surface area (TPSA) is 69.0 Å². The van der Waals surface area contributed by atoms with Crippen LogP contribution in [0.3, 0.4) is 0 Å². The molecule has 0 saturated heterocycles. The van der Waals surface area contributed by atoms with Gasteiger partial charge in [-0.15, -0.1) is 16.7 Å². The molecule has 2 aromatic carbocycles. The van der Waals surface area contributed by atoms with Crippen molar-refractivity contribution >= 4 is 23.2 Å². The number of halogens is 4. The van der Waals surface area contributed by atoms with Crippen LogP contribution in [0.15, 0.2) is 48.5 Å². The van der Waals surface area contributed by atoms with Crippen molar-refractivity contribution in [2.24, 2.45) is 5.41 Å². The second kappa shape index (κ2) is 9.20. The first-order valence-electron chi connectivity index (χ1n) is 9.80. The van der Waals surface area contributed by atoms with Crippen LogP contribution in [0.2, 0.25) is 0 Å². The Morgan fingerprint density at radius 3 is 2.25 bits per heavy atom. The van der Waals surface area contributed by atoms with Crippen molar-refractivity contribution in [3.05, 3.63) is 54.1 Å². The number of hydrogen-bond acceptors (Lipinski definition) is 4. The first-order chi connectivity index (χ1) is 15.0. The third-order valence-electron chi connectivity index (χ3n) is 4.65. The quantitative estimate of drug-likeness (QED) is 0.463. The average Bonchev–Trinajstić information content (AvgIpc) is 3.18. The molecule has 1 N–H and O–H groups in total. The van der Waals surface area contributed by atoms with Crippen LogP contribution in [-0.4, -0.2) is 33.2 Å². The molecule has 0 aliphatic heterocycles. The number of anilines is 1. The molecule has 32 heavy (non-hydrogen) atoms. The number of amides is 1. The highest BCUT2D eigenvalue weighted by molar-refractivity contribution is 6.20. The molecule has 0 atom stereocenters. The summed E-state index contributed by atoms with van der Waals surface area (Å²) >= 11 is 5.84. The SMILES string of the molecule is CCOc1nc(-c2ccc(C(F)(F)F)cc2)n(-c2ccc(NC(=O)C(C)(C)CCl)cc2)n1. The second-order valence-corrected chi connectivity index (χ2v) is 7.92. The summed E-state index contributed by atoms with van der Waals surface area (Å²) in [6, 6.07) is 11.6. The van der Waals surface area contributed by atoms with E-state index in [1.165, 1.54) is 16.8 Å². The average molecular weight is 467 g/mol. The van der Waals surface area contributed by atoms with Gasteiger partial charge in [0, 0.05) is 17.1 Å². The van der Waals surface area contributed by atoms with Gasteiger partial charge in [0.2, 0.25) is 5.91 Å². The van der Waals surface area contributed by atoms with Crippen LogP contribution in [-0.2, 0) is 11.0 Å². The first kappa shape index (κ1) is 23.6. The lowest BCUT2D eigenvalue weighted by Crippen LogP contribution is -2.32. The molecule has 3 rings (SSSR count). The van der Waals surface area contributed by atoms with E-state index in [-0.39, 0.29) is 17.8 Å². The van der Waals surface area contributed by atoms with Gasteiger partial charge in [-0.2, -0.15) is 18.2 Å². The van der Waals surface area contributed by atoms with Crippen molar-refractivity contribution in [1.29, 1.82) is 0 Å². The van der Waals surface area contributed by atoms with Gasteiger partial charge in [-0.05, 0) is 57.2 Å². The highest BCUT2D eigenvalue weighted by atomic mass is 35.5. The predicted molar refractivity (Wildman–Crippen MR) is 116 cm³/mol. The standard InChI is InChI=1S/C22H22ClF3N4O2/c1-4-32-20-28-18(14-5-7-15(8-6-14)22(24,25)26)30(29-20)17-11-9-16(10-12-17)27-19(31)21(2,3)13-23/h5-12H,4,13H2,1-3H3,(H,27,31). The summed E-state index contributed by atoms with van der Waals surface area (Å²) in [5, 5.41) is 7.12. The normalized spacial score (nSPS) is 12.0. The Morgan fingerprint density at radius 2 is 1.72 bits per heavy atom. The zero-order chi connectivity index (χ0) is 23.5. The molecule has 0 aliphatic carbocycles. The van der Waals surface area contributed by atoms with Crippen molar-refractivity contribution < 1.29 is 22.7 Å². The summed E-state index contributed by atoms with van der Waals surface area (Å²) in [5.41, 5.74) is 0.120. The third kappa shape index (κ3) is 5.21. The largest absolute Gasteiger partial charge is 0.463 e. The Balaban J connectivity index is 1.93. The smallest absolute Gasteiger partial charge is 0.416 e. The van der Waals surface area contributed by atoms with Gasteiger partial charge in [-0.25, -0.2) is 4.68 Å². The number of benzene rings is 2. The summed E-state index contributed by atoms with van der Waals surface area (Å²) in [6.45, 7) is 5.59. The summed E-state index contributed by atoms with van der Waals surface area (Å²) in [6.07, 6.45) is -4.43. The molecule has 1 amide bonds. The number of carbonyl (C=O) groups is 1. The van der Waals surface area contributed by atoms with Crippen molar-refractivity contribution in [1.82, 2.24) is 14.8 Å². The zero-order valence-corrected chi connectivity index (χ0v) is 18.5. The number of carbonyl (C=O) groups excluding carboxylic acids is 1.